The van der Waals surface area contributed by atoms with Gasteiger partial charge in [0.1, 0.15) is 10.5 Å². The second-order valence-electron chi connectivity index (χ2n) is 6.60. The van der Waals surface area contributed by atoms with Crippen molar-refractivity contribution in [1.82, 2.24) is 4.72 Å². The molecule has 1 aromatic rings. The van der Waals surface area contributed by atoms with Crippen LogP contribution in [0.15, 0.2) is 29.2 Å². The summed E-state index contributed by atoms with van der Waals surface area (Å²) < 4.78 is 27.6. The summed E-state index contributed by atoms with van der Waals surface area (Å²) >= 11 is 0. The number of hydrogen-bond donors (Lipinski definition) is 2. The van der Waals surface area contributed by atoms with Crippen LogP contribution in [0.2, 0.25) is 0 Å². The Morgan fingerprint density at radius 1 is 1.14 bits per heavy atom. The monoisotopic (exact) mass is 308 g/mol. The lowest BCUT2D eigenvalue weighted by Gasteiger charge is -2.48. The third kappa shape index (κ3) is 2.45. The zero-order chi connectivity index (χ0) is 14.7. The van der Waals surface area contributed by atoms with Gasteiger partial charge < -0.3 is 10.0 Å². The Kier molecular flexibility index (Phi) is 2.87. The molecule has 4 rings (SSSR count). The summed E-state index contributed by atoms with van der Waals surface area (Å²) in [7, 11) is -3.46. The molecule has 6 heteroatoms. The van der Waals surface area contributed by atoms with Crippen LogP contribution in [-0.2, 0) is 10.0 Å². The summed E-state index contributed by atoms with van der Waals surface area (Å²) in [6.07, 6.45) is 4.03. The second kappa shape index (κ2) is 4.44. The Morgan fingerprint density at radius 3 is 2.43 bits per heavy atom. The molecule has 3 fully saturated rings. The largest absolute Gasteiger partial charge is 0.386 e. The number of anilines is 1. The van der Waals surface area contributed by atoms with Crippen molar-refractivity contribution in [2.75, 3.05) is 18.0 Å². The van der Waals surface area contributed by atoms with E-state index in [1.165, 1.54) is 0 Å². The van der Waals surface area contributed by atoms with Crippen molar-refractivity contribution in [2.24, 2.45) is 5.92 Å². The van der Waals surface area contributed by atoms with Crippen LogP contribution in [0.1, 0.15) is 25.7 Å². The van der Waals surface area contributed by atoms with Gasteiger partial charge in [-0.2, -0.15) is 0 Å². The number of nitrogens with zero attached hydrogens (tertiary/aromatic N) is 1. The number of hydrogen-bond acceptors (Lipinski definition) is 4. The third-order valence-corrected chi connectivity index (χ3v) is 6.23. The molecule has 0 aromatic heterocycles. The molecule has 2 aliphatic carbocycles. The number of nitrogens with one attached hydrogen (secondary N) is 1. The van der Waals surface area contributed by atoms with E-state index < -0.39 is 15.6 Å². The standard InChI is InChI=1S/C15H20N2O3S/c18-15(11-5-6-11)9-17(10-15)13-3-1-2-4-14(13)21(19,20)16-12-7-8-12/h1-4,11-12,16,18H,5-10H2. The Labute approximate surface area is 125 Å². The lowest BCUT2D eigenvalue weighted by Crippen LogP contribution is -2.63. The summed E-state index contributed by atoms with van der Waals surface area (Å²) in [5.74, 6) is 0.405. The van der Waals surface area contributed by atoms with Crippen LogP contribution in [0.4, 0.5) is 5.69 Å². The zero-order valence-corrected chi connectivity index (χ0v) is 12.6. The molecule has 1 aliphatic heterocycles. The molecule has 1 heterocycles. The Bertz CT molecular complexity index is 659. The van der Waals surface area contributed by atoms with Crippen LogP contribution < -0.4 is 9.62 Å². The fourth-order valence-corrected chi connectivity index (χ4v) is 4.63. The van der Waals surface area contributed by atoms with Crippen molar-refractivity contribution < 1.29 is 13.5 Å². The van der Waals surface area contributed by atoms with Crippen LogP contribution in [0.25, 0.3) is 0 Å². The molecule has 0 bridgehead atoms. The minimum absolute atomic E-state index is 0.0999. The molecular weight excluding hydrogens is 288 g/mol. The van der Waals surface area contributed by atoms with E-state index in [2.05, 4.69) is 4.72 Å². The van der Waals surface area contributed by atoms with E-state index >= 15 is 0 Å². The van der Waals surface area contributed by atoms with Crippen molar-refractivity contribution in [3.05, 3.63) is 24.3 Å². The molecule has 0 amide bonds. The molecule has 1 saturated heterocycles. The van der Waals surface area contributed by atoms with E-state index in [1.807, 2.05) is 17.0 Å². The first-order valence-corrected chi connectivity index (χ1v) is 9.05. The molecule has 1 aromatic carbocycles. The first-order chi connectivity index (χ1) is 9.98. The molecule has 21 heavy (non-hydrogen) atoms. The number of rotatable bonds is 5. The molecule has 2 N–H and O–H groups in total. The number of β-amino-alcohol motifs (C(OH)–C–C–N with tert-alkyl or cyclic N) is 1. The van der Waals surface area contributed by atoms with E-state index in [0.717, 1.165) is 25.7 Å². The number of para-hydroxylation sites is 1. The molecule has 114 valence electrons. The van der Waals surface area contributed by atoms with Crippen molar-refractivity contribution in [2.45, 2.75) is 42.2 Å². The maximum absolute atomic E-state index is 12.5. The highest BCUT2D eigenvalue weighted by Crippen LogP contribution is 2.46. The zero-order valence-electron chi connectivity index (χ0n) is 11.8. The molecule has 3 aliphatic rings. The van der Waals surface area contributed by atoms with Gasteiger partial charge in [0.2, 0.25) is 10.0 Å². The van der Waals surface area contributed by atoms with E-state index in [1.54, 1.807) is 12.1 Å². The van der Waals surface area contributed by atoms with Gasteiger partial charge in [-0.25, -0.2) is 13.1 Å². The van der Waals surface area contributed by atoms with Gasteiger partial charge in [0, 0.05) is 19.1 Å². The van der Waals surface area contributed by atoms with Crippen LogP contribution >= 0.6 is 0 Å². The van der Waals surface area contributed by atoms with Gasteiger partial charge in [0.15, 0.2) is 0 Å². The van der Waals surface area contributed by atoms with Gasteiger partial charge in [-0.15, -0.1) is 0 Å². The maximum atomic E-state index is 12.5. The minimum atomic E-state index is -3.46. The Balaban J connectivity index is 1.58. The molecule has 5 nitrogen and oxygen atoms in total. The fraction of sp³-hybridized carbons (Fsp3) is 0.600. The molecule has 2 saturated carbocycles. The number of benzene rings is 1. The fourth-order valence-electron chi connectivity index (χ4n) is 3.09. The van der Waals surface area contributed by atoms with Crippen LogP contribution in [-0.4, -0.2) is 38.3 Å². The third-order valence-electron chi connectivity index (χ3n) is 4.66. The highest BCUT2D eigenvalue weighted by molar-refractivity contribution is 7.89. The van der Waals surface area contributed by atoms with Crippen molar-refractivity contribution >= 4 is 15.7 Å². The minimum Gasteiger partial charge on any atom is -0.386 e. The van der Waals surface area contributed by atoms with Gasteiger partial charge in [-0.1, -0.05) is 12.1 Å². The summed E-state index contributed by atoms with van der Waals surface area (Å²) in [5.41, 5.74) is 0.0943. The van der Waals surface area contributed by atoms with Crippen LogP contribution in [0.3, 0.4) is 0 Å². The van der Waals surface area contributed by atoms with Gasteiger partial charge >= 0.3 is 0 Å². The first kappa shape index (κ1) is 13.5. The molecule has 0 unspecified atom stereocenters. The van der Waals surface area contributed by atoms with E-state index in [0.29, 0.717) is 29.6 Å². The molecule has 0 radical (unpaired) electrons. The molecular formula is C15H20N2O3S. The highest BCUT2D eigenvalue weighted by atomic mass is 32.2. The van der Waals surface area contributed by atoms with Gasteiger partial charge in [0.25, 0.3) is 0 Å². The van der Waals surface area contributed by atoms with Gasteiger partial charge in [-0.3, -0.25) is 0 Å². The maximum Gasteiger partial charge on any atom is 0.242 e. The summed E-state index contributed by atoms with van der Waals surface area (Å²) in [5, 5.41) is 10.4. The van der Waals surface area contributed by atoms with E-state index in [4.69, 9.17) is 0 Å². The van der Waals surface area contributed by atoms with Crippen LogP contribution in [0, 0.1) is 5.92 Å². The normalized spacial score (nSPS) is 24.7. The SMILES string of the molecule is O=S(=O)(NC1CC1)c1ccccc1N1CC(O)(C2CC2)C1. The summed E-state index contributed by atoms with van der Waals surface area (Å²) in [6.45, 7) is 1.07. The first-order valence-electron chi connectivity index (χ1n) is 7.57. The number of sulfonamides is 1. The van der Waals surface area contributed by atoms with Crippen LogP contribution in [0.5, 0.6) is 0 Å². The number of aliphatic hydroxyl groups is 1. The quantitative estimate of drug-likeness (QED) is 0.854. The average molecular weight is 308 g/mol. The summed E-state index contributed by atoms with van der Waals surface area (Å²) in [6, 6.07) is 7.17. The smallest absolute Gasteiger partial charge is 0.242 e. The van der Waals surface area contributed by atoms with Gasteiger partial charge in [0.05, 0.1) is 5.69 Å². The van der Waals surface area contributed by atoms with Crippen molar-refractivity contribution in [1.29, 1.82) is 0 Å². The summed E-state index contributed by atoms with van der Waals surface area (Å²) in [4.78, 5) is 2.30. The van der Waals surface area contributed by atoms with Crippen molar-refractivity contribution in [3.8, 4) is 0 Å². The van der Waals surface area contributed by atoms with E-state index in [-0.39, 0.29) is 6.04 Å². The Morgan fingerprint density at radius 2 is 1.81 bits per heavy atom. The lowest BCUT2D eigenvalue weighted by molar-refractivity contribution is -0.00958. The molecule has 0 atom stereocenters. The predicted molar refractivity (Wildman–Crippen MR) is 79.7 cm³/mol. The van der Waals surface area contributed by atoms with Crippen molar-refractivity contribution in [3.63, 3.8) is 0 Å². The average Bonchev–Trinajstić information content (AvgIpc) is 3.27. The van der Waals surface area contributed by atoms with Gasteiger partial charge in [-0.05, 0) is 43.7 Å². The topological polar surface area (TPSA) is 69.6 Å². The molecule has 0 spiro atoms. The Hall–Kier alpha value is -1.11. The van der Waals surface area contributed by atoms with E-state index in [9.17, 15) is 13.5 Å². The second-order valence-corrected chi connectivity index (χ2v) is 8.28. The lowest BCUT2D eigenvalue weighted by atomic mass is 9.88. The highest BCUT2D eigenvalue weighted by Gasteiger charge is 2.52. The predicted octanol–water partition coefficient (Wildman–Crippen LogP) is 1.09.